The summed E-state index contributed by atoms with van der Waals surface area (Å²) in [5.74, 6) is 0.301. The van der Waals surface area contributed by atoms with Crippen molar-refractivity contribution in [1.29, 1.82) is 5.41 Å². The summed E-state index contributed by atoms with van der Waals surface area (Å²) in [6.45, 7) is 7.82. The number of rotatable bonds is 6. The summed E-state index contributed by atoms with van der Waals surface area (Å²) in [4.78, 5) is 18.8. The van der Waals surface area contributed by atoms with Crippen molar-refractivity contribution in [3.05, 3.63) is 46.9 Å². The molecule has 1 aromatic heterocycles. The highest BCUT2D eigenvalue weighted by atomic mass is 19.3. The molecule has 9 nitrogen and oxygen atoms in total. The highest BCUT2D eigenvalue weighted by Gasteiger charge is 2.48. The molecule has 1 aromatic carbocycles. The molecule has 5 heterocycles. The number of carbonyl (C=O) groups is 1. The number of amides is 1. The Bertz CT molecular complexity index is 1460. The summed E-state index contributed by atoms with van der Waals surface area (Å²) in [5, 5.41) is 20.9. The number of hydrogen-bond acceptors (Lipinski definition) is 6. The molecule has 1 saturated carbocycles. The van der Waals surface area contributed by atoms with E-state index < -0.39 is 6.43 Å². The monoisotopic (exact) mass is 606 g/mol. The van der Waals surface area contributed by atoms with Gasteiger partial charge in [0.1, 0.15) is 5.84 Å². The first kappa shape index (κ1) is 29.4. The molecule has 11 heteroatoms. The van der Waals surface area contributed by atoms with Gasteiger partial charge in [-0.2, -0.15) is 5.10 Å². The third-order valence-corrected chi connectivity index (χ3v) is 10.7. The molecule has 0 radical (unpaired) electrons. The molecule has 0 bridgehead atoms. The number of anilines is 1. The first-order valence-electron chi connectivity index (χ1n) is 16.2. The highest BCUT2D eigenvalue weighted by Crippen LogP contribution is 2.45. The molecule has 1 aliphatic carbocycles. The van der Waals surface area contributed by atoms with Crippen LogP contribution in [0.3, 0.4) is 0 Å². The fourth-order valence-electron chi connectivity index (χ4n) is 7.99. The average Bonchev–Trinajstić information content (AvgIpc) is 3.41. The minimum Gasteiger partial charge on any atom is -0.385 e. The van der Waals surface area contributed by atoms with Gasteiger partial charge in [-0.3, -0.25) is 19.8 Å². The van der Waals surface area contributed by atoms with Gasteiger partial charge in [-0.1, -0.05) is 0 Å². The second-order valence-electron chi connectivity index (χ2n) is 13.7. The molecule has 2 saturated heterocycles. The highest BCUT2D eigenvalue weighted by molar-refractivity contribution is 6.09. The maximum atomic E-state index is 14.4. The molecule has 4 aliphatic heterocycles. The van der Waals surface area contributed by atoms with Crippen molar-refractivity contribution in [1.82, 2.24) is 30.2 Å². The lowest BCUT2D eigenvalue weighted by molar-refractivity contribution is -0.128. The Labute approximate surface area is 258 Å². The van der Waals surface area contributed by atoms with Crippen LogP contribution in [0, 0.1) is 10.8 Å². The quantitative estimate of drug-likeness (QED) is 0.339. The SMILES string of the molecule is CC(=O)N1CCC(NC2CCC3(CC2)CN(C2CNC2)C3)=C(C(=N)N2CCCc3cc(-c4cnn(C)c4)c(C(F)F)cc32)C1. The summed E-state index contributed by atoms with van der Waals surface area (Å²) in [7, 11) is 1.78. The van der Waals surface area contributed by atoms with Crippen LogP contribution in [0.5, 0.6) is 0 Å². The lowest BCUT2D eigenvalue weighted by Crippen LogP contribution is -2.68. The van der Waals surface area contributed by atoms with Gasteiger partial charge < -0.3 is 20.4 Å². The molecular formula is C33H44F2N8O. The molecule has 5 aliphatic rings. The smallest absolute Gasteiger partial charge is 0.264 e. The summed E-state index contributed by atoms with van der Waals surface area (Å²) < 4.78 is 30.5. The van der Waals surface area contributed by atoms with Crippen molar-refractivity contribution in [3.8, 4) is 11.1 Å². The van der Waals surface area contributed by atoms with Gasteiger partial charge in [-0.25, -0.2) is 8.78 Å². The molecule has 0 atom stereocenters. The van der Waals surface area contributed by atoms with Crippen molar-refractivity contribution in [2.45, 2.75) is 70.4 Å². The fourth-order valence-corrected chi connectivity index (χ4v) is 7.99. The van der Waals surface area contributed by atoms with Crippen LogP contribution in [-0.4, -0.2) is 89.2 Å². The van der Waals surface area contributed by atoms with E-state index in [2.05, 4.69) is 20.6 Å². The van der Waals surface area contributed by atoms with Gasteiger partial charge in [-0.15, -0.1) is 0 Å². The van der Waals surface area contributed by atoms with Gasteiger partial charge in [0.05, 0.1) is 12.7 Å². The molecule has 236 valence electrons. The molecule has 1 amide bonds. The van der Waals surface area contributed by atoms with E-state index in [4.69, 9.17) is 0 Å². The predicted octanol–water partition coefficient (Wildman–Crippen LogP) is 4.07. The fraction of sp³-hybridized carbons (Fsp3) is 0.606. The summed E-state index contributed by atoms with van der Waals surface area (Å²) in [6, 6.07) is 4.52. The third-order valence-electron chi connectivity index (χ3n) is 10.7. The first-order chi connectivity index (χ1) is 21.2. The molecule has 0 unspecified atom stereocenters. The zero-order valence-electron chi connectivity index (χ0n) is 25.8. The van der Waals surface area contributed by atoms with Crippen molar-refractivity contribution in [2.75, 3.05) is 50.7 Å². The maximum absolute atomic E-state index is 14.4. The lowest BCUT2D eigenvalue weighted by atomic mass is 9.66. The molecule has 3 fully saturated rings. The van der Waals surface area contributed by atoms with E-state index in [1.165, 1.54) is 25.9 Å². The first-order valence-corrected chi connectivity index (χ1v) is 16.2. The van der Waals surface area contributed by atoms with Crippen LogP contribution >= 0.6 is 0 Å². The number of alkyl halides is 2. The van der Waals surface area contributed by atoms with Crippen LogP contribution in [0.25, 0.3) is 11.1 Å². The Kier molecular flexibility index (Phi) is 7.73. The zero-order chi connectivity index (χ0) is 30.6. The van der Waals surface area contributed by atoms with E-state index in [1.807, 2.05) is 11.0 Å². The number of nitrogens with zero attached hydrogens (tertiary/aromatic N) is 5. The van der Waals surface area contributed by atoms with Gasteiger partial charge >= 0.3 is 0 Å². The molecule has 7 rings (SSSR count). The number of nitrogens with one attached hydrogen (secondary N) is 3. The standard InChI is InChI=1S/C33H44F2N8O/c1-21(44)41-11-7-29(39-24-5-8-33(9-6-24)19-42(20-33)25-15-37-16-25)28(18-41)32(36)43-10-3-4-22-12-26(23-14-38-40(2)17-23)27(31(34)35)13-30(22)43/h12-14,17,24-25,31,36-37,39H,3-11,15-16,18-20H2,1-2H3. The molecule has 2 aromatic rings. The Morgan fingerprint density at radius 1 is 1.16 bits per heavy atom. The Hall–Kier alpha value is -3.31. The van der Waals surface area contributed by atoms with Crippen LogP contribution in [0.4, 0.5) is 14.5 Å². The van der Waals surface area contributed by atoms with E-state index in [0.717, 1.165) is 61.6 Å². The summed E-state index contributed by atoms with van der Waals surface area (Å²) >= 11 is 0. The summed E-state index contributed by atoms with van der Waals surface area (Å²) in [5.41, 5.74) is 5.06. The van der Waals surface area contributed by atoms with Crippen molar-refractivity contribution < 1.29 is 13.6 Å². The maximum Gasteiger partial charge on any atom is 0.264 e. The van der Waals surface area contributed by atoms with E-state index in [0.29, 0.717) is 60.2 Å². The number of aromatic nitrogens is 2. The van der Waals surface area contributed by atoms with Gasteiger partial charge in [0, 0.05) is 106 Å². The van der Waals surface area contributed by atoms with Gasteiger partial charge in [0.2, 0.25) is 5.91 Å². The van der Waals surface area contributed by atoms with Gasteiger partial charge in [-0.05, 0) is 67.2 Å². The minimum absolute atomic E-state index is 0.00898. The number of halogens is 2. The van der Waals surface area contributed by atoms with Crippen LogP contribution in [0.1, 0.15) is 63.0 Å². The van der Waals surface area contributed by atoms with Crippen molar-refractivity contribution in [2.24, 2.45) is 12.5 Å². The van der Waals surface area contributed by atoms with Crippen LogP contribution in [0.2, 0.25) is 0 Å². The Balaban J connectivity index is 1.13. The normalized spacial score (nSPS) is 22.7. The zero-order valence-corrected chi connectivity index (χ0v) is 25.8. The number of fused-ring (bicyclic) bond motifs is 1. The Morgan fingerprint density at radius 3 is 2.57 bits per heavy atom. The second kappa shape index (κ2) is 11.6. The summed E-state index contributed by atoms with van der Waals surface area (Å²) in [6.07, 6.45) is 7.64. The third kappa shape index (κ3) is 5.42. The van der Waals surface area contributed by atoms with E-state index >= 15 is 0 Å². The van der Waals surface area contributed by atoms with Gasteiger partial charge in [0.25, 0.3) is 6.43 Å². The van der Waals surface area contributed by atoms with E-state index in [-0.39, 0.29) is 11.5 Å². The number of hydrogen-bond donors (Lipinski definition) is 3. The van der Waals surface area contributed by atoms with Crippen molar-refractivity contribution in [3.63, 3.8) is 0 Å². The molecule has 3 N–H and O–H groups in total. The average molecular weight is 607 g/mol. The molecule has 44 heavy (non-hydrogen) atoms. The number of carbonyl (C=O) groups excluding carboxylic acids is 1. The number of benzene rings is 1. The van der Waals surface area contributed by atoms with E-state index in [9.17, 15) is 19.0 Å². The Morgan fingerprint density at radius 2 is 1.93 bits per heavy atom. The lowest BCUT2D eigenvalue weighted by Gasteiger charge is -2.58. The predicted molar refractivity (Wildman–Crippen MR) is 167 cm³/mol. The molecule has 1 spiro atoms. The topological polar surface area (TPSA) is 92.5 Å². The van der Waals surface area contributed by atoms with Crippen LogP contribution in [0.15, 0.2) is 35.8 Å². The second-order valence-corrected chi connectivity index (χ2v) is 13.7. The van der Waals surface area contributed by atoms with Crippen LogP contribution < -0.4 is 15.5 Å². The number of likely N-dealkylation sites (tertiary alicyclic amines) is 1. The van der Waals surface area contributed by atoms with Crippen molar-refractivity contribution >= 4 is 17.4 Å². The van der Waals surface area contributed by atoms with Gasteiger partial charge in [0.15, 0.2) is 0 Å². The number of aryl methyl sites for hydroxylation is 2. The largest absolute Gasteiger partial charge is 0.385 e. The minimum atomic E-state index is -2.66. The van der Waals surface area contributed by atoms with Crippen LogP contribution in [-0.2, 0) is 18.3 Å². The molecular weight excluding hydrogens is 562 g/mol. The number of amidine groups is 1. The van der Waals surface area contributed by atoms with E-state index in [1.54, 1.807) is 42.0 Å².